The Labute approximate surface area is 123 Å². The Morgan fingerprint density at radius 3 is 2.62 bits per heavy atom. The van der Waals surface area contributed by atoms with E-state index >= 15 is 0 Å². The lowest BCUT2D eigenvalue weighted by Crippen LogP contribution is -2.26. The number of rotatable bonds is 7. The molecule has 7 nitrogen and oxygen atoms in total. The number of nitrogens with one attached hydrogen (secondary N) is 2. The number of aromatic nitrogens is 2. The second kappa shape index (κ2) is 6.59. The molecule has 0 radical (unpaired) electrons. The van der Waals surface area contributed by atoms with Crippen LogP contribution in [0.3, 0.4) is 0 Å². The molecule has 0 aliphatic rings. The Balaban J connectivity index is 2.08. The normalized spacial score (nSPS) is 11.3. The van der Waals surface area contributed by atoms with Crippen LogP contribution < -0.4 is 14.2 Å². The molecule has 1 aromatic carbocycles. The first-order valence-corrected chi connectivity index (χ1v) is 7.75. The zero-order valence-electron chi connectivity index (χ0n) is 11.8. The fourth-order valence-electron chi connectivity index (χ4n) is 1.81. The quantitative estimate of drug-likeness (QED) is 0.794. The molecular weight excluding hydrogens is 294 g/mol. The molecule has 0 bridgehead atoms. The summed E-state index contributed by atoms with van der Waals surface area (Å²) in [5, 5.41) is 0. The molecule has 21 heavy (non-hydrogen) atoms. The van der Waals surface area contributed by atoms with Crippen LogP contribution in [-0.2, 0) is 16.4 Å². The summed E-state index contributed by atoms with van der Waals surface area (Å²) < 4.78 is 37.1. The third kappa shape index (κ3) is 3.73. The highest BCUT2D eigenvalue weighted by Crippen LogP contribution is 2.29. The van der Waals surface area contributed by atoms with Crippen LogP contribution in [0.25, 0.3) is 0 Å². The third-order valence-electron chi connectivity index (χ3n) is 2.87. The molecule has 1 heterocycles. The largest absolute Gasteiger partial charge is 0.493 e. The smallest absolute Gasteiger partial charge is 0.240 e. The molecule has 0 saturated heterocycles. The number of hydrogen-bond acceptors (Lipinski definition) is 5. The minimum atomic E-state index is -3.60. The second-order valence-corrected chi connectivity index (χ2v) is 5.97. The van der Waals surface area contributed by atoms with Crippen LogP contribution in [0.4, 0.5) is 0 Å². The van der Waals surface area contributed by atoms with Crippen molar-refractivity contribution in [2.24, 2.45) is 0 Å². The van der Waals surface area contributed by atoms with E-state index in [0.29, 0.717) is 17.9 Å². The van der Waals surface area contributed by atoms with Crippen LogP contribution in [0.2, 0.25) is 0 Å². The molecule has 2 aromatic rings. The summed E-state index contributed by atoms with van der Waals surface area (Å²) in [6.07, 6.45) is 3.80. The number of aromatic amines is 1. The van der Waals surface area contributed by atoms with Crippen LogP contribution in [0.15, 0.2) is 35.5 Å². The monoisotopic (exact) mass is 311 g/mol. The summed E-state index contributed by atoms with van der Waals surface area (Å²) >= 11 is 0. The van der Waals surface area contributed by atoms with Gasteiger partial charge < -0.3 is 14.5 Å². The van der Waals surface area contributed by atoms with Gasteiger partial charge in [-0.1, -0.05) is 0 Å². The molecule has 2 rings (SSSR count). The van der Waals surface area contributed by atoms with Crippen molar-refractivity contribution in [2.45, 2.75) is 11.3 Å². The summed E-state index contributed by atoms with van der Waals surface area (Å²) in [7, 11) is -0.648. The van der Waals surface area contributed by atoms with Crippen molar-refractivity contribution in [1.29, 1.82) is 0 Å². The predicted octanol–water partition coefficient (Wildman–Crippen LogP) is 0.948. The maximum atomic E-state index is 12.2. The summed E-state index contributed by atoms with van der Waals surface area (Å²) in [6.45, 7) is 0.254. The molecule has 0 spiro atoms. The van der Waals surface area contributed by atoms with E-state index in [9.17, 15) is 8.42 Å². The predicted molar refractivity (Wildman–Crippen MR) is 77.0 cm³/mol. The van der Waals surface area contributed by atoms with E-state index in [0.717, 1.165) is 5.82 Å². The Morgan fingerprint density at radius 2 is 2.00 bits per heavy atom. The van der Waals surface area contributed by atoms with Gasteiger partial charge in [0.1, 0.15) is 5.82 Å². The fourth-order valence-corrected chi connectivity index (χ4v) is 2.85. The summed E-state index contributed by atoms with van der Waals surface area (Å²) in [5.41, 5.74) is 0. The molecule has 0 aliphatic carbocycles. The van der Waals surface area contributed by atoms with Crippen molar-refractivity contribution in [3.05, 3.63) is 36.4 Å². The highest BCUT2D eigenvalue weighted by molar-refractivity contribution is 7.89. The zero-order valence-corrected chi connectivity index (χ0v) is 12.6. The Hall–Kier alpha value is -2.06. The van der Waals surface area contributed by atoms with E-state index in [2.05, 4.69) is 14.7 Å². The van der Waals surface area contributed by atoms with Gasteiger partial charge in [-0.25, -0.2) is 18.1 Å². The van der Waals surface area contributed by atoms with Gasteiger partial charge in [0.2, 0.25) is 10.0 Å². The molecule has 0 atom stereocenters. The van der Waals surface area contributed by atoms with Crippen LogP contribution in [0, 0.1) is 0 Å². The van der Waals surface area contributed by atoms with Gasteiger partial charge in [-0.2, -0.15) is 0 Å². The van der Waals surface area contributed by atoms with E-state index in [-0.39, 0.29) is 11.4 Å². The van der Waals surface area contributed by atoms with E-state index in [1.165, 1.54) is 26.4 Å². The van der Waals surface area contributed by atoms with Crippen molar-refractivity contribution in [3.63, 3.8) is 0 Å². The van der Waals surface area contributed by atoms with Gasteiger partial charge in [0.15, 0.2) is 11.5 Å². The maximum absolute atomic E-state index is 12.2. The second-order valence-electron chi connectivity index (χ2n) is 4.20. The average Bonchev–Trinajstić information content (AvgIpc) is 2.99. The molecule has 0 saturated carbocycles. The summed E-state index contributed by atoms with van der Waals surface area (Å²) in [6, 6.07) is 4.45. The third-order valence-corrected chi connectivity index (χ3v) is 4.33. The highest BCUT2D eigenvalue weighted by atomic mass is 32.2. The number of hydrogen-bond donors (Lipinski definition) is 2. The van der Waals surface area contributed by atoms with Gasteiger partial charge in [-0.05, 0) is 12.1 Å². The summed E-state index contributed by atoms with van der Waals surface area (Å²) in [4.78, 5) is 7.07. The van der Waals surface area contributed by atoms with Gasteiger partial charge >= 0.3 is 0 Å². The Morgan fingerprint density at radius 1 is 1.24 bits per heavy atom. The summed E-state index contributed by atoms with van der Waals surface area (Å²) in [5.74, 6) is 1.57. The molecule has 114 valence electrons. The van der Waals surface area contributed by atoms with Crippen molar-refractivity contribution in [2.75, 3.05) is 20.8 Å². The minimum Gasteiger partial charge on any atom is -0.493 e. The van der Waals surface area contributed by atoms with Crippen molar-refractivity contribution >= 4 is 10.0 Å². The number of methoxy groups -OCH3 is 2. The molecular formula is C13H17N3O4S. The van der Waals surface area contributed by atoms with Crippen molar-refractivity contribution in [1.82, 2.24) is 14.7 Å². The first kappa shape index (κ1) is 15.3. The van der Waals surface area contributed by atoms with Gasteiger partial charge in [-0.3, -0.25) is 0 Å². The van der Waals surface area contributed by atoms with E-state index < -0.39 is 10.0 Å². The zero-order chi connectivity index (χ0) is 15.3. The van der Waals surface area contributed by atoms with Crippen LogP contribution >= 0.6 is 0 Å². The van der Waals surface area contributed by atoms with Crippen molar-refractivity contribution in [3.8, 4) is 11.5 Å². The maximum Gasteiger partial charge on any atom is 0.240 e. The van der Waals surface area contributed by atoms with Crippen LogP contribution in [0.5, 0.6) is 11.5 Å². The van der Waals surface area contributed by atoms with Gasteiger partial charge in [-0.15, -0.1) is 0 Å². The van der Waals surface area contributed by atoms with Gasteiger partial charge in [0.05, 0.1) is 19.1 Å². The lowest BCUT2D eigenvalue weighted by atomic mass is 10.3. The number of imidazole rings is 1. The van der Waals surface area contributed by atoms with Crippen LogP contribution in [-0.4, -0.2) is 39.2 Å². The average molecular weight is 311 g/mol. The fraction of sp³-hybridized carbons (Fsp3) is 0.308. The molecule has 1 aromatic heterocycles. The number of nitrogens with zero attached hydrogens (tertiary/aromatic N) is 1. The number of sulfonamides is 1. The van der Waals surface area contributed by atoms with Gasteiger partial charge in [0.25, 0.3) is 0 Å². The molecule has 0 amide bonds. The molecule has 0 aliphatic heterocycles. The number of H-pyrrole nitrogens is 1. The Kier molecular flexibility index (Phi) is 4.81. The minimum absolute atomic E-state index is 0.125. The van der Waals surface area contributed by atoms with E-state index in [1.807, 2.05) is 0 Å². The Bertz CT molecular complexity index is 683. The van der Waals surface area contributed by atoms with E-state index in [4.69, 9.17) is 9.47 Å². The molecule has 2 N–H and O–H groups in total. The highest BCUT2D eigenvalue weighted by Gasteiger charge is 2.16. The number of ether oxygens (including phenoxy) is 2. The lowest BCUT2D eigenvalue weighted by molar-refractivity contribution is 0.354. The topological polar surface area (TPSA) is 93.3 Å². The first-order chi connectivity index (χ1) is 10.1. The SMILES string of the molecule is COc1ccc(S(=O)(=O)NCCc2ncc[nH]2)cc1OC. The number of benzene rings is 1. The lowest BCUT2D eigenvalue weighted by Gasteiger charge is -2.10. The first-order valence-electron chi connectivity index (χ1n) is 6.27. The van der Waals surface area contributed by atoms with E-state index in [1.54, 1.807) is 18.5 Å². The standard InChI is InChI=1S/C13H17N3O4S/c1-19-11-4-3-10(9-12(11)20-2)21(17,18)16-6-5-13-14-7-8-15-13/h3-4,7-9,16H,5-6H2,1-2H3,(H,14,15). The molecule has 8 heteroatoms. The van der Waals surface area contributed by atoms with Crippen LogP contribution in [0.1, 0.15) is 5.82 Å². The van der Waals surface area contributed by atoms with Crippen molar-refractivity contribution < 1.29 is 17.9 Å². The molecule has 0 fully saturated rings. The van der Waals surface area contributed by atoms with Gasteiger partial charge in [0, 0.05) is 31.4 Å². The molecule has 0 unspecified atom stereocenters.